The Balaban J connectivity index is 1.56. The van der Waals surface area contributed by atoms with E-state index in [2.05, 4.69) is 22.5 Å². The molecule has 0 amide bonds. The average molecular weight is 423 g/mol. The molecule has 2 aliphatic heterocycles. The van der Waals surface area contributed by atoms with Crippen LogP contribution >= 0.6 is 0 Å². The number of unbranched alkanes of at least 4 members (excludes halogenated alkanes) is 11. The van der Waals surface area contributed by atoms with E-state index in [1.165, 1.54) is 89.9 Å². The molecule has 4 N–H and O–H groups in total. The SMILES string of the molecule is CCCCCCCCCCCCCCC(CN1CCC[C@H]1B(O)O)N[C@H]1CCNC1. The lowest BCUT2D eigenvalue weighted by Crippen LogP contribution is -2.50. The van der Waals surface area contributed by atoms with Crippen LogP contribution in [0, 0.1) is 0 Å². The molecular formula is C24H50BN3O2. The first-order chi connectivity index (χ1) is 14.7. The molecule has 30 heavy (non-hydrogen) atoms. The van der Waals surface area contributed by atoms with Gasteiger partial charge in [-0.3, -0.25) is 0 Å². The van der Waals surface area contributed by atoms with Gasteiger partial charge in [0.2, 0.25) is 0 Å². The molecule has 0 spiro atoms. The second-order valence-electron chi connectivity index (χ2n) is 9.85. The second-order valence-corrected chi connectivity index (χ2v) is 9.85. The molecule has 0 aromatic carbocycles. The van der Waals surface area contributed by atoms with E-state index < -0.39 is 7.12 Å². The van der Waals surface area contributed by atoms with Crippen molar-refractivity contribution in [2.24, 2.45) is 0 Å². The molecule has 2 fully saturated rings. The monoisotopic (exact) mass is 423 g/mol. The molecule has 2 heterocycles. The van der Waals surface area contributed by atoms with Crippen molar-refractivity contribution >= 4 is 7.12 Å². The van der Waals surface area contributed by atoms with Crippen LogP contribution < -0.4 is 10.6 Å². The molecule has 0 aromatic heterocycles. The first-order valence-corrected chi connectivity index (χ1v) is 13.3. The highest BCUT2D eigenvalue weighted by Crippen LogP contribution is 2.20. The summed E-state index contributed by atoms with van der Waals surface area (Å²) in [6.45, 7) is 6.43. The molecule has 176 valence electrons. The Hall–Kier alpha value is -0.135. The molecule has 5 nitrogen and oxygen atoms in total. The van der Waals surface area contributed by atoms with Crippen molar-refractivity contribution < 1.29 is 10.0 Å². The Kier molecular flexibility index (Phi) is 14.4. The van der Waals surface area contributed by atoms with Crippen molar-refractivity contribution in [1.82, 2.24) is 15.5 Å². The Morgan fingerprint density at radius 1 is 0.933 bits per heavy atom. The topological polar surface area (TPSA) is 67.8 Å². The lowest BCUT2D eigenvalue weighted by atomic mass is 9.78. The Bertz CT molecular complexity index is 408. The highest BCUT2D eigenvalue weighted by atomic mass is 16.4. The van der Waals surface area contributed by atoms with Crippen molar-refractivity contribution in [1.29, 1.82) is 0 Å². The zero-order valence-electron chi connectivity index (χ0n) is 19.8. The summed E-state index contributed by atoms with van der Waals surface area (Å²) in [6, 6.07) is 1.05. The smallest absolute Gasteiger partial charge is 0.426 e. The highest BCUT2D eigenvalue weighted by Gasteiger charge is 2.35. The maximum absolute atomic E-state index is 9.69. The number of rotatable bonds is 18. The minimum atomic E-state index is -1.20. The van der Waals surface area contributed by atoms with Crippen LogP contribution in [0.25, 0.3) is 0 Å². The molecule has 0 bridgehead atoms. The summed E-state index contributed by atoms with van der Waals surface area (Å²) >= 11 is 0. The largest absolute Gasteiger partial charge is 0.469 e. The van der Waals surface area contributed by atoms with Gasteiger partial charge in [0.1, 0.15) is 0 Å². The third kappa shape index (κ3) is 10.9. The molecule has 2 rings (SSSR count). The van der Waals surface area contributed by atoms with Gasteiger partial charge in [0.15, 0.2) is 0 Å². The minimum Gasteiger partial charge on any atom is -0.426 e. The molecule has 0 saturated carbocycles. The summed E-state index contributed by atoms with van der Waals surface area (Å²) in [4.78, 5) is 2.31. The molecule has 6 heteroatoms. The lowest BCUT2D eigenvalue weighted by molar-refractivity contribution is 0.220. The maximum Gasteiger partial charge on any atom is 0.469 e. The molecule has 0 radical (unpaired) electrons. The summed E-state index contributed by atoms with van der Waals surface area (Å²) in [5, 5.41) is 26.7. The molecule has 3 atom stereocenters. The van der Waals surface area contributed by atoms with Crippen LogP contribution in [0.15, 0.2) is 0 Å². The molecule has 2 saturated heterocycles. The van der Waals surface area contributed by atoms with Crippen molar-refractivity contribution in [2.75, 3.05) is 26.2 Å². The lowest BCUT2D eigenvalue weighted by Gasteiger charge is -2.31. The van der Waals surface area contributed by atoms with E-state index in [0.29, 0.717) is 12.1 Å². The predicted octanol–water partition coefficient (Wildman–Crippen LogP) is 3.87. The van der Waals surface area contributed by atoms with Crippen molar-refractivity contribution in [3.8, 4) is 0 Å². The van der Waals surface area contributed by atoms with Gasteiger partial charge in [-0.2, -0.15) is 0 Å². The molecule has 2 aliphatic rings. The minimum absolute atomic E-state index is 0.0713. The van der Waals surface area contributed by atoms with E-state index in [0.717, 1.165) is 39.0 Å². The van der Waals surface area contributed by atoms with E-state index in [4.69, 9.17) is 0 Å². The standard InChI is InChI=1S/C24H50BN3O2/c1-2-3-4-5-6-7-8-9-10-11-12-13-15-23(27-22-17-18-26-20-22)21-28-19-14-16-24(28)25(29)30/h22-24,26-27,29-30H,2-21H2,1H3/t22-,23?,24-/m0/s1. The van der Waals surface area contributed by atoms with E-state index in [1.54, 1.807) is 0 Å². The first-order valence-electron chi connectivity index (χ1n) is 13.3. The summed E-state index contributed by atoms with van der Waals surface area (Å²) in [6.07, 6.45) is 21.1. The van der Waals surface area contributed by atoms with Crippen LogP contribution in [-0.4, -0.2) is 66.3 Å². The fraction of sp³-hybridized carbons (Fsp3) is 1.00. The number of likely N-dealkylation sites (tertiary alicyclic amines) is 1. The normalized spacial score (nSPS) is 23.3. The van der Waals surface area contributed by atoms with Crippen LogP contribution in [0.1, 0.15) is 110 Å². The third-order valence-electron chi connectivity index (χ3n) is 7.15. The zero-order valence-corrected chi connectivity index (χ0v) is 19.8. The van der Waals surface area contributed by atoms with Crippen molar-refractivity contribution in [2.45, 2.75) is 128 Å². The van der Waals surface area contributed by atoms with Crippen LogP contribution in [0.4, 0.5) is 0 Å². The van der Waals surface area contributed by atoms with Gasteiger partial charge in [-0.05, 0) is 38.8 Å². The van der Waals surface area contributed by atoms with Crippen LogP contribution in [0.2, 0.25) is 0 Å². The number of nitrogens with zero attached hydrogens (tertiary/aromatic N) is 1. The summed E-state index contributed by atoms with van der Waals surface area (Å²) < 4.78 is 0. The van der Waals surface area contributed by atoms with Gasteiger partial charge in [0, 0.05) is 31.1 Å². The van der Waals surface area contributed by atoms with Gasteiger partial charge in [-0.15, -0.1) is 0 Å². The van der Waals surface area contributed by atoms with Gasteiger partial charge < -0.3 is 25.6 Å². The van der Waals surface area contributed by atoms with Gasteiger partial charge in [-0.25, -0.2) is 0 Å². The summed E-state index contributed by atoms with van der Waals surface area (Å²) in [5.41, 5.74) is 0. The van der Waals surface area contributed by atoms with Crippen molar-refractivity contribution in [3.05, 3.63) is 0 Å². The third-order valence-corrected chi connectivity index (χ3v) is 7.15. The number of hydrogen-bond acceptors (Lipinski definition) is 5. The van der Waals surface area contributed by atoms with Gasteiger partial charge >= 0.3 is 7.12 Å². The van der Waals surface area contributed by atoms with Gasteiger partial charge in [0.25, 0.3) is 0 Å². The van der Waals surface area contributed by atoms with E-state index >= 15 is 0 Å². The maximum atomic E-state index is 9.69. The first kappa shape index (κ1) is 26.1. The zero-order chi connectivity index (χ0) is 21.4. The van der Waals surface area contributed by atoms with Gasteiger partial charge in [-0.1, -0.05) is 84.0 Å². The second kappa shape index (κ2) is 16.5. The Morgan fingerprint density at radius 3 is 2.13 bits per heavy atom. The Labute approximate surface area is 186 Å². The average Bonchev–Trinajstić information content (AvgIpc) is 3.40. The summed E-state index contributed by atoms with van der Waals surface area (Å²) in [7, 11) is -1.20. The molecule has 1 unspecified atom stereocenters. The van der Waals surface area contributed by atoms with Gasteiger partial charge in [0.05, 0.1) is 0 Å². The number of nitrogens with one attached hydrogen (secondary N) is 2. The quantitative estimate of drug-likeness (QED) is 0.199. The summed E-state index contributed by atoms with van der Waals surface area (Å²) in [5.74, 6) is -0.0713. The van der Waals surface area contributed by atoms with Crippen molar-refractivity contribution in [3.63, 3.8) is 0 Å². The van der Waals surface area contributed by atoms with Crippen LogP contribution in [0.5, 0.6) is 0 Å². The number of hydrogen-bond donors (Lipinski definition) is 4. The highest BCUT2D eigenvalue weighted by molar-refractivity contribution is 6.43. The van der Waals surface area contributed by atoms with Crippen LogP contribution in [-0.2, 0) is 0 Å². The van der Waals surface area contributed by atoms with E-state index in [1.807, 2.05) is 0 Å². The molecule has 0 aromatic rings. The molecular weight excluding hydrogens is 373 g/mol. The van der Waals surface area contributed by atoms with Crippen LogP contribution in [0.3, 0.4) is 0 Å². The van der Waals surface area contributed by atoms with E-state index in [9.17, 15) is 10.0 Å². The molecule has 0 aliphatic carbocycles. The fourth-order valence-electron chi connectivity index (χ4n) is 5.29. The predicted molar refractivity (Wildman–Crippen MR) is 129 cm³/mol. The van der Waals surface area contributed by atoms with E-state index in [-0.39, 0.29) is 5.94 Å². The Morgan fingerprint density at radius 2 is 1.57 bits per heavy atom. The fourth-order valence-corrected chi connectivity index (χ4v) is 5.29.